The summed E-state index contributed by atoms with van der Waals surface area (Å²) in [6, 6.07) is 64.9. The molecule has 0 fully saturated rings. The minimum atomic E-state index is 0.872. The van der Waals surface area contributed by atoms with E-state index in [0.29, 0.717) is 0 Å². The van der Waals surface area contributed by atoms with Crippen LogP contribution in [0.1, 0.15) is 0 Å². The lowest BCUT2D eigenvalue weighted by molar-refractivity contribution is 0.672. The minimum absolute atomic E-state index is 0.872. The van der Waals surface area contributed by atoms with Gasteiger partial charge in [0, 0.05) is 38.6 Å². The molecule has 10 rings (SSSR count). The molecule has 0 N–H and O–H groups in total. The Morgan fingerprint density at radius 3 is 1.94 bits per heavy atom. The molecule has 0 unspecified atom stereocenters. The Bertz CT molecular complexity index is 2810. The zero-order valence-electron chi connectivity index (χ0n) is 26.6. The lowest BCUT2D eigenvalue weighted by Gasteiger charge is -2.26. The van der Waals surface area contributed by atoms with E-state index in [9.17, 15) is 0 Å². The normalized spacial score (nSPS) is 11.7. The van der Waals surface area contributed by atoms with Crippen LogP contribution in [0.5, 0.6) is 0 Å². The summed E-state index contributed by atoms with van der Waals surface area (Å²) in [6.07, 6.45) is 0. The van der Waals surface area contributed by atoms with Crippen LogP contribution in [0.25, 0.3) is 71.3 Å². The van der Waals surface area contributed by atoms with Crippen molar-refractivity contribution in [3.05, 3.63) is 182 Å². The van der Waals surface area contributed by atoms with E-state index in [4.69, 9.17) is 4.42 Å². The summed E-state index contributed by atoms with van der Waals surface area (Å²) in [5, 5.41) is 6.93. The van der Waals surface area contributed by atoms with Gasteiger partial charge in [-0.25, -0.2) is 0 Å². The molecule has 2 aromatic heterocycles. The van der Waals surface area contributed by atoms with Crippen LogP contribution in [0.3, 0.4) is 0 Å². The predicted molar refractivity (Wildman–Crippen MR) is 206 cm³/mol. The molecule has 49 heavy (non-hydrogen) atoms. The van der Waals surface area contributed by atoms with Gasteiger partial charge < -0.3 is 13.9 Å². The Kier molecular flexibility index (Phi) is 6.18. The van der Waals surface area contributed by atoms with Crippen molar-refractivity contribution in [1.29, 1.82) is 0 Å². The van der Waals surface area contributed by atoms with Crippen LogP contribution in [0.4, 0.5) is 17.1 Å². The van der Waals surface area contributed by atoms with Crippen molar-refractivity contribution < 1.29 is 4.42 Å². The third-order valence-corrected chi connectivity index (χ3v) is 9.77. The smallest absolute Gasteiger partial charge is 0.143 e. The van der Waals surface area contributed by atoms with Crippen LogP contribution < -0.4 is 4.90 Å². The predicted octanol–water partition coefficient (Wildman–Crippen LogP) is 13.0. The quantitative estimate of drug-likeness (QED) is 0.190. The molecule has 2 heterocycles. The van der Waals surface area contributed by atoms with Gasteiger partial charge in [0.25, 0.3) is 0 Å². The zero-order valence-corrected chi connectivity index (χ0v) is 26.6. The summed E-state index contributed by atoms with van der Waals surface area (Å²) in [7, 11) is 0. The van der Waals surface area contributed by atoms with Gasteiger partial charge >= 0.3 is 0 Å². The molecule has 0 amide bonds. The van der Waals surface area contributed by atoms with Crippen molar-refractivity contribution in [3.63, 3.8) is 0 Å². The number of fused-ring (bicyclic) bond motifs is 8. The lowest BCUT2D eigenvalue weighted by Crippen LogP contribution is -2.10. The number of benzene rings is 8. The Hall–Kier alpha value is -6.58. The zero-order chi connectivity index (χ0) is 32.3. The molecule has 0 spiro atoms. The van der Waals surface area contributed by atoms with Crippen molar-refractivity contribution in [2.24, 2.45) is 0 Å². The van der Waals surface area contributed by atoms with E-state index in [2.05, 4.69) is 191 Å². The van der Waals surface area contributed by atoms with Gasteiger partial charge in [-0.1, -0.05) is 115 Å². The van der Waals surface area contributed by atoms with Gasteiger partial charge in [0.15, 0.2) is 0 Å². The third kappa shape index (κ3) is 4.37. The Morgan fingerprint density at radius 2 is 1.10 bits per heavy atom. The molecule has 0 aliphatic heterocycles. The number of hydrogen-bond donors (Lipinski definition) is 0. The Morgan fingerprint density at radius 1 is 0.429 bits per heavy atom. The Balaban J connectivity index is 1.24. The summed E-state index contributed by atoms with van der Waals surface area (Å²) < 4.78 is 9.02. The maximum atomic E-state index is 6.66. The second-order valence-corrected chi connectivity index (χ2v) is 12.6. The van der Waals surface area contributed by atoms with Crippen molar-refractivity contribution in [3.8, 4) is 16.8 Å². The summed E-state index contributed by atoms with van der Waals surface area (Å²) in [5.41, 5.74) is 10.9. The van der Waals surface area contributed by atoms with Crippen LogP contribution in [0.15, 0.2) is 186 Å². The second-order valence-electron chi connectivity index (χ2n) is 12.6. The van der Waals surface area contributed by atoms with E-state index >= 15 is 0 Å². The average Bonchev–Trinajstić information content (AvgIpc) is 3.72. The molecule has 0 atom stereocenters. The van der Waals surface area contributed by atoms with E-state index in [1.54, 1.807) is 0 Å². The van der Waals surface area contributed by atoms with Crippen LogP contribution >= 0.6 is 0 Å². The third-order valence-electron chi connectivity index (χ3n) is 9.77. The second kappa shape index (κ2) is 11.0. The number of anilines is 3. The Labute approximate surface area is 283 Å². The molecule has 0 saturated heterocycles. The lowest BCUT2D eigenvalue weighted by atomic mass is 10.0. The van der Waals surface area contributed by atoms with E-state index in [0.717, 1.165) is 50.1 Å². The first-order valence-electron chi connectivity index (χ1n) is 16.7. The number of nitrogens with zero attached hydrogens (tertiary/aromatic N) is 2. The molecule has 0 aliphatic carbocycles. The van der Waals surface area contributed by atoms with Gasteiger partial charge in [-0.2, -0.15) is 0 Å². The van der Waals surface area contributed by atoms with Gasteiger partial charge in [-0.3, -0.25) is 0 Å². The first-order chi connectivity index (χ1) is 24.3. The first-order valence-corrected chi connectivity index (χ1v) is 16.7. The van der Waals surface area contributed by atoms with E-state index in [1.165, 1.54) is 38.3 Å². The summed E-state index contributed by atoms with van der Waals surface area (Å²) in [6.45, 7) is 0. The molecule has 3 nitrogen and oxygen atoms in total. The van der Waals surface area contributed by atoms with Gasteiger partial charge in [0.05, 0.1) is 22.1 Å². The first kappa shape index (κ1) is 27.5. The van der Waals surface area contributed by atoms with Crippen LogP contribution in [0, 0.1) is 0 Å². The van der Waals surface area contributed by atoms with Crippen molar-refractivity contribution in [2.45, 2.75) is 0 Å². The van der Waals surface area contributed by atoms with Gasteiger partial charge in [0.1, 0.15) is 11.2 Å². The van der Waals surface area contributed by atoms with Crippen molar-refractivity contribution in [1.82, 2.24) is 4.57 Å². The van der Waals surface area contributed by atoms with Crippen LogP contribution in [0.2, 0.25) is 0 Å². The highest BCUT2D eigenvalue weighted by Crippen LogP contribution is 2.46. The molecule has 3 heteroatoms. The fraction of sp³-hybridized carbons (Fsp3) is 0. The van der Waals surface area contributed by atoms with Gasteiger partial charge in [-0.05, 0) is 83.2 Å². The maximum absolute atomic E-state index is 6.66. The van der Waals surface area contributed by atoms with Crippen molar-refractivity contribution in [2.75, 3.05) is 4.90 Å². The number of para-hydroxylation sites is 2. The standard InChI is InChI=1S/C46H30N2O/c1-3-12-31(13-4-1)32-22-25-35(26-23-32)47(43-20-11-21-44-45(43)39-28-24-33-14-7-8-17-37(33)46(39)49-44)36-27-29-42-40(30-36)38-18-9-10-19-41(38)48(42)34-15-5-2-6-16-34/h1-30H. The SMILES string of the molecule is c1ccc(-c2ccc(N(c3ccc4c(c3)c3ccccc3n4-c3ccccc3)c3cccc4oc5c6ccccc6ccc5c34)cc2)cc1. The fourth-order valence-electron chi connectivity index (χ4n) is 7.54. The van der Waals surface area contributed by atoms with E-state index < -0.39 is 0 Å². The number of aromatic nitrogens is 1. The monoisotopic (exact) mass is 626 g/mol. The molecule has 230 valence electrons. The highest BCUT2D eigenvalue weighted by Gasteiger charge is 2.22. The number of furan rings is 1. The molecular formula is C46H30N2O. The van der Waals surface area contributed by atoms with Crippen LogP contribution in [-0.2, 0) is 0 Å². The summed E-state index contributed by atoms with van der Waals surface area (Å²) in [4.78, 5) is 2.38. The van der Waals surface area contributed by atoms with Gasteiger partial charge in [-0.15, -0.1) is 0 Å². The summed E-state index contributed by atoms with van der Waals surface area (Å²) in [5.74, 6) is 0. The molecule has 0 bridgehead atoms. The van der Waals surface area contributed by atoms with Crippen molar-refractivity contribution >= 4 is 71.6 Å². The van der Waals surface area contributed by atoms with E-state index in [-0.39, 0.29) is 0 Å². The topological polar surface area (TPSA) is 21.3 Å². The van der Waals surface area contributed by atoms with Crippen LogP contribution in [-0.4, -0.2) is 4.57 Å². The largest absolute Gasteiger partial charge is 0.455 e. The van der Waals surface area contributed by atoms with E-state index in [1.807, 2.05) is 0 Å². The fourth-order valence-corrected chi connectivity index (χ4v) is 7.54. The summed E-state index contributed by atoms with van der Waals surface area (Å²) >= 11 is 0. The molecule has 10 aromatic rings. The average molecular weight is 627 g/mol. The highest BCUT2D eigenvalue weighted by molar-refractivity contribution is 6.20. The molecular weight excluding hydrogens is 597 g/mol. The molecule has 0 aliphatic rings. The molecule has 8 aromatic carbocycles. The number of hydrogen-bond acceptors (Lipinski definition) is 2. The maximum Gasteiger partial charge on any atom is 0.143 e. The highest BCUT2D eigenvalue weighted by atomic mass is 16.3. The molecule has 0 radical (unpaired) electrons. The minimum Gasteiger partial charge on any atom is -0.455 e. The van der Waals surface area contributed by atoms with Gasteiger partial charge in [0.2, 0.25) is 0 Å². The number of rotatable bonds is 5. The molecule has 0 saturated carbocycles.